The van der Waals surface area contributed by atoms with Gasteiger partial charge in [-0.2, -0.15) is 0 Å². The lowest BCUT2D eigenvalue weighted by atomic mass is 10.3. The van der Waals surface area contributed by atoms with Crippen LogP contribution in [0.3, 0.4) is 0 Å². The minimum Gasteiger partial charge on any atom is -0.480 e. The third kappa shape index (κ3) is 1.98. The van der Waals surface area contributed by atoms with E-state index in [1.54, 1.807) is 22.6 Å². The fourth-order valence-electron chi connectivity index (χ4n) is 0.819. The zero-order valence-electron chi connectivity index (χ0n) is 6.72. The SMILES string of the molecule is COc1ncc(C(F)F)c(I)c1N. The monoisotopic (exact) mass is 300 g/mol. The summed E-state index contributed by atoms with van der Waals surface area (Å²) in [5.74, 6) is 0.175. The Morgan fingerprint density at radius 2 is 2.23 bits per heavy atom. The van der Waals surface area contributed by atoms with Crippen LogP contribution < -0.4 is 10.5 Å². The van der Waals surface area contributed by atoms with E-state index in [0.717, 1.165) is 6.20 Å². The summed E-state index contributed by atoms with van der Waals surface area (Å²) in [6, 6.07) is 0. The van der Waals surface area contributed by atoms with Crippen molar-refractivity contribution in [2.24, 2.45) is 0 Å². The smallest absolute Gasteiger partial charge is 0.266 e. The molecule has 0 atom stereocenters. The van der Waals surface area contributed by atoms with Gasteiger partial charge in [0.05, 0.1) is 16.2 Å². The van der Waals surface area contributed by atoms with Crippen molar-refractivity contribution in [3.8, 4) is 5.88 Å². The second kappa shape index (κ2) is 4.03. The molecule has 2 N–H and O–H groups in total. The number of methoxy groups -OCH3 is 1. The third-order valence-corrected chi connectivity index (χ3v) is 2.67. The normalized spacial score (nSPS) is 10.5. The number of nitrogens with two attached hydrogens (primary N) is 1. The first kappa shape index (κ1) is 10.4. The van der Waals surface area contributed by atoms with E-state index in [0.29, 0.717) is 3.57 Å². The van der Waals surface area contributed by atoms with Gasteiger partial charge in [0.2, 0.25) is 5.88 Å². The number of rotatable bonds is 2. The van der Waals surface area contributed by atoms with Crippen molar-refractivity contribution >= 4 is 28.3 Å². The Morgan fingerprint density at radius 1 is 1.62 bits per heavy atom. The van der Waals surface area contributed by atoms with Crippen molar-refractivity contribution in [1.29, 1.82) is 0 Å². The summed E-state index contributed by atoms with van der Waals surface area (Å²) < 4.78 is 29.7. The molecule has 0 amide bonds. The predicted octanol–water partition coefficient (Wildman–Crippen LogP) is 2.21. The van der Waals surface area contributed by atoms with Gasteiger partial charge in [-0.15, -0.1) is 0 Å². The van der Waals surface area contributed by atoms with Crippen molar-refractivity contribution in [3.63, 3.8) is 0 Å². The molecule has 0 saturated heterocycles. The van der Waals surface area contributed by atoms with Gasteiger partial charge in [0.15, 0.2) is 0 Å². The quantitative estimate of drug-likeness (QED) is 0.852. The maximum atomic E-state index is 12.3. The lowest BCUT2D eigenvalue weighted by Gasteiger charge is -2.08. The molecule has 13 heavy (non-hydrogen) atoms. The van der Waals surface area contributed by atoms with Crippen LogP contribution in [0.2, 0.25) is 0 Å². The maximum absolute atomic E-state index is 12.3. The molecule has 0 aliphatic rings. The van der Waals surface area contributed by atoms with Gasteiger partial charge in [-0.25, -0.2) is 13.8 Å². The third-order valence-electron chi connectivity index (χ3n) is 1.47. The molecule has 0 aromatic carbocycles. The zero-order valence-corrected chi connectivity index (χ0v) is 8.88. The lowest BCUT2D eigenvalue weighted by molar-refractivity contribution is 0.150. The molecule has 0 aliphatic carbocycles. The number of alkyl halides is 2. The topological polar surface area (TPSA) is 48.1 Å². The fraction of sp³-hybridized carbons (Fsp3) is 0.286. The first-order valence-electron chi connectivity index (χ1n) is 3.34. The average Bonchev–Trinajstić information content (AvgIpc) is 2.09. The Bertz CT molecular complexity index is 320. The minimum atomic E-state index is -2.56. The molecule has 6 heteroatoms. The number of anilines is 1. The van der Waals surface area contributed by atoms with E-state index in [9.17, 15) is 8.78 Å². The summed E-state index contributed by atoms with van der Waals surface area (Å²) in [7, 11) is 1.39. The van der Waals surface area contributed by atoms with E-state index in [1.165, 1.54) is 7.11 Å². The van der Waals surface area contributed by atoms with Crippen molar-refractivity contribution in [2.45, 2.75) is 6.43 Å². The summed E-state index contributed by atoms with van der Waals surface area (Å²) in [5.41, 5.74) is 5.49. The minimum absolute atomic E-state index is 0.154. The Morgan fingerprint density at radius 3 is 2.69 bits per heavy atom. The van der Waals surface area contributed by atoms with Crippen LogP contribution in [0.4, 0.5) is 14.5 Å². The number of pyridine rings is 1. The Hall–Kier alpha value is -0.660. The van der Waals surface area contributed by atoms with Crippen molar-refractivity contribution in [1.82, 2.24) is 4.98 Å². The van der Waals surface area contributed by atoms with Crippen LogP contribution in [-0.2, 0) is 0 Å². The largest absolute Gasteiger partial charge is 0.480 e. The van der Waals surface area contributed by atoms with Crippen LogP contribution in [0.5, 0.6) is 5.88 Å². The van der Waals surface area contributed by atoms with Crippen molar-refractivity contribution in [2.75, 3.05) is 12.8 Å². The molecule has 1 rings (SSSR count). The molecule has 0 saturated carbocycles. The molecule has 0 spiro atoms. The van der Waals surface area contributed by atoms with E-state index in [-0.39, 0.29) is 17.1 Å². The van der Waals surface area contributed by atoms with E-state index in [1.807, 2.05) is 0 Å². The highest BCUT2D eigenvalue weighted by molar-refractivity contribution is 14.1. The van der Waals surface area contributed by atoms with Crippen LogP contribution in [-0.4, -0.2) is 12.1 Å². The van der Waals surface area contributed by atoms with Gasteiger partial charge in [0.1, 0.15) is 5.69 Å². The second-order valence-electron chi connectivity index (χ2n) is 2.25. The summed E-state index contributed by atoms with van der Waals surface area (Å²) in [6.07, 6.45) is -1.49. The molecule has 1 aromatic heterocycles. The van der Waals surface area contributed by atoms with E-state index in [4.69, 9.17) is 10.5 Å². The fourth-order valence-corrected chi connectivity index (χ4v) is 1.42. The standard InChI is InChI=1S/C7H7F2IN2O/c1-13-7-5(11)4(10)3(2-12-7)6(8)9/h2,6H,11H2,1H3. The molecule has 0 aliphatic heterocycles. The summed E-state index contributed by atoms with van der Waals surface area (Å²) in [6.45, 7) is 0. The van der Waals surface area contributed by atoms with Crippen molar-refractivity contribution in [3.05, 3.63) is 15.3 Å². The van der Waals surface area contributed by atoms with Gasteiger partial charge < -0.3 is 10.5 Å². The summed E-state index contributed by atoms with van der Waals surface area (Å²) >= 11 is 1.74. The number of hydrogen-bond donors (Lipinski definition) is 1. The Kier molecular flexibility index (Phi) is 3.23. The summed E-state index contributed by atoms with van der Waals surface area (Å²) in [4.78, 5) is 3.65. The van der Waals surface area contributed by atoms with Crippen LogP contribution in [0.25, 0.3) is 0 Å². The van der Waals surface area contributed by atoms with Crippen molar-refractivity contribution < 1.29 is 13.5 Å². The highest BCUT2D eigenvalue weighted by Gasteiger charge is 2.16. The van der Waals surface area contributed by atoms with Gasteiger partial charge in [-0.3, -0.25) is 0 Å². The number of halogens is 3. The van der Waals surface area contributed by atoms with Crippen LogP contribution in [0.1, 0.15) is 12.0 Å². The van der Waals surface area contributed by atoms with Crippen LogP contribution in [0, 0.1) is 3.57 Å². The number of ether oxygens (including phenoxy) is 1. The molecule has 72 valence electrons. The first-order valence-corrected chi connectivity index (χ1v) is 4.41. The van der Waals surface area contributed by atoms with E-state index < -0.39 is 6.43 Å². The maximum Gasteiger partial charge on any atom is 0.266 e. The van der Waals surface area contributed by atoms with Crippen LogP contribution in [0.15, 0.2) is 6.20 Å². The van der Waals surface area contributed by atoms with E-state index in [2.05, 4.69) is 4.98 Å². The molecule has 0 fully saturated rings. The predicted molar refractivity (Wildman–Crippen MR) is 52.9 cm³/mol. The van der Waals surface area contributed by atoms with Crippen LogP contribution >= 0.6 is 22.6 Å². The van der Waals surface area contributed by atoms with Gasteiger partial charge in [0.25, 0.3) is 6.43 Å². The van der Waals surface area contributed by atoms with Gasteiger partial charge in [-0.1, -0.05) is 0 Å². The molecular formula is C7H7F2IN2O. The number of aromatic nitrogens is 1. The molecule has 1 heterocycles. The second-order valence-corrected chi connectivity index (χ2v) is 3.33. The highest BCUT2D eigenvalue weighted by atomic mass is 127. The number of hydrogen-bond acceptors (Lipinski definition) is 3. The average molecular weight is 300 g/mol. The molecule has 3 nitrogen and oxygen atoms in total. The van der Waals surface area contributed by atoms with Gasteiger partial charge in [-0.05, 0) is 22.6 Å². The molecule has 0 bridgehead atoms. The van der Waals surface area contributed by atoms with Gasteiger partial charge >= 0.3 is 0 Å². The number of nitrogens with zero attached hydrogens (tertiary/aromatic N) is 1. The Labute approximate surface area is 87.4 Å². The molecule has 0 unspecified atom stereocenters. The summed E-state index contributed by atoms with van der Waals surface area (Å²) in [5, 5.41) is 0. The zero-order chi connectivity index (χ0) is 10.0. The molecular weight excluding hydrogens is 293 g/mol. The Balaban J connectivity index is 3.23. The van der Waals surface area contributed by atoms with E-state index >= 15 is 0 Å². The first-order chi connectivity index (χ1) is 6.07. The lowest BCUT2D eigenvalue weighted by Crippen LogP contribution is -2.02. The molecule has 0 radical (unpaired) electrons. The number of nitrogen functional groups attached to an aromatic ring is 1. The molecule has 1 aromatic rings. The van der Waals surface area contributed by atoms with Gasteiger partial charge in [0, 0.05) is 6.20 Å². The highest BCUT2D eigenvalue weighted by Crippen LogP contribution is 2.32.